The maximum Gasteiger partial charge on any atom is 0.204 e. The van der Waals surface area contributed by atoms with Gasteiger partial charge in [-0.15, -0.1) is 23.5 Å². The molecule has 1 nitrogen and oxygen atoms in total. The van der Waals surface area contributed by atoms with E-state index in [0.717, 1.165) is 26.0 Å². The van der Waals surface area contributed by atoms with Crippen LogP contribution in [0, 0.1) is 0 Å². The highest BCUT2D eigenvalue weighted by Gasteiger charge is 2.34. The van der Waals surface area contributed by atoms with Crippen molar-refractivity contribution in [2.45, 2.75) is 9.79 Å². The molecule has 132 valence electrons. The summed E-state index contributed by atoms with van der Waals surface area (Å²) in [4.78, 5) is 15.9. The van der Waals surface area contributed by atoms with Crippen LogP contribution in [0.15, 0.2) is 88.7 Å². The quantitative estimate of drug-likeness (QED) is 0.397. The highest BCUT2D eigenvalue weighted by molar-refractivity contribution is 8.30. The Balaban J connectivity index is 2.29. The number of rotatable bonds is 6. The Kier molecular flexibility index (Phi) is 6.42. The number of benzene rings is 3. The molecule has 0 N–H and O–H groups in total. The predicted molar refractivity (Wildman–Crippen MR) is 121 cm³/mol. The van der Waals surface area contributed by atoms with E-state index >= 15 is 0 Å². The normalized spacial score (nSPS) is 11.3. The van der Waals surface area contributed by atoms with Gasteiger partial charge in [0.15, 0.2) is 0 Å². The summed E-state index contributed by atoms with van der Waals surface area (Å²) in [5.41, 5.74) is 0.836. The molecule has 3 aromatic carbocycles. The van der Waals surface area contributed by atoms with Gasteiger partial charge in [-0.1, -0.05) is 78.5 Å². The van der Waals surface area contributed by atoms with Crippen LogP contribution in [0.5, 0.6) is 0 Å². The summed E-state index contributed by atoms with van der Waals surface area (Å²) in [5, 5.41) is 1.88. The summed E-state index contributed by atoms with van der Waals surface area (Å²) in [5.74, 6) is 0. The first-order chi connectivity index (χ1) is 12.6. The zero-order valence-corrected chi connectivity index (χ0v) is 17.9. The molecule has 0 atom stereocenters. The molecule has 3 aromatic rings. The van der Waals surface area contributed by atoms with E-state index in [1.807, 2.05) is 91.4 Å². The van der Waals surface area contributed by atoms with Crippen molar-refractivity contribution in [3.63, 3.8) is 0 Å². The third-order valence-corrected chi connectivity index (χ3v) is 10.3. The fourth-order valence-corrected chi connectivity index (χ4v) is 7.85. The summed E-state index contributed by atoms with van der Waals surface area (Å²) in [6.45, 7) is 0. The maximum absolute atomic E-state index is 13.9. The first kappa shape index (κ1) is 19.4. The Morgan fingerprint density at radius 3 is 1.54 bits per heavy atom. The lowest BCUT2D eigenvalue weighted by Crippen LogP contribution is -2.23. The van der Waals surface area contributed by atoms with Gasteiger partial charge in [0, 0.05) is 9.79 Å². The third kappa shape index (κ3) is 3.57. The zero-order valence-electron chi connectivity index (χ0n) is 14.6. The van der Waals surface area contributed by atoms with Crippen LogP contribution >= 0.6 is 29.6 Å². The summed E-state index contributed by atoms with van der Waals surface area (Å²) in [7, 11) is 0. The second-order valence-corrected chi connectivity index (χ2v) is 11.6. The number of carbonyl (C=O) groups is 1. The van der Waals surface area contributed by atoms with Gasteiger partial charge in [0.25, 0.3) is 0 Å². The minimum atomic E-state index is -2.65. The van der Waals surface area contributed by atoms with Gasteiger partial charge in [-0.05, 0) is 35.3 Å². The van der Waals surface area contributed by atoms with E-state index in [9.17, 15) is 4.79 Å². The second-order valence-electron chi connectivity index (χ2n) is 5.62. The highest BCUT2D eigenvalue weighted by atomic mass is 32.4. The van der Waals surface area contributed by atoms with Crippen LogP contribution in [-0.4, -0.2) is 18.0 Å². The minimum absolute atomic E-state index is 0.0687. The first-order valence-electron chi connectivity index (χ1n) is 8.10. The van der Waals surface area contributed by atoms with Crippen molar-refractivity contribution in [1.29, 1.82) is 0 Å². The standard InChI is InChI=1S/C21H19OPS3/c1-25-18-14-9-15-19(26-2)20(18)21(22)23(24,16-10-5-3-6-11-16)17-12-7-4-8-13-17/h3-15H,1-2H3. The molecule has 0 bridgehead atoms. The smallest absolute Gasteiger partial charge is 0.204 e. The molecule has 0 saturated heterocycles. The van der Waals surface area contributed by atoms with E-state index in [-0.39, 0.29) is 5.52 Å². The van der Waals surface area contributed by atoms with Gasteiger partial charge in [0.05, 0.1) is 11.6 Å². The van der Waals surface area contributed by atoms with Crippen molar-refractivity contribution in [1.82, 2.24) is 0 Å². The molecule has 0 fully saturated rings. The molecule has 3 rings (SSSR count). The predicted octanol–water partition coefficient (Wildman–Crippen LogP) is 5.40. The van der Waals surface area contributed by atoms with Crippen LogP contribution in [-0.2, 0) is 11.8 Å². The number of thioether (sulfide) groups is 2. The molecule has 0 aliphatic heterocycles. The molecular formula is C21H19OPS3. The Labute approximate surface area is 168 Å². The molecule has 0 unspecified atom stereocenters. The summed E-state index contributed by atoms with van der Waals surface area (Å²) in [6, 6.07) is 23.1. The van der Waals surface area contributed by atoms with Gasteiger partial charge in [0.2, 0.25) is 5.52 Å². The van der Waals surface area contributed by atoms with Gasteiger partial charge in [-0.25, -0.2) is 0 Å². The third-order valence-electron chi connectivity index (χ3n) is 4.17. The Morgan fingerprint density at radius 2 is 1.15 bits per heavy atom. The van der Waals surface area contributed by atoms with E-state index in [1.165, 1.54) is 0 Å². The minimum Gasteiger partial charge on any atom is -0.287 e. The molecule has 0 aromatic heterocycles. The van der Waals surface area contributed by atoms with Crippen molar-refractivity contribution in [2.75, 3.05) is 12.5 Å². The number of hydrogen-bond donors (Lipinski definition) is 0. The Hall–Kier alpha value is -1.32. The molecule has 0 aliphatic carbocycles. The van der Waals surface area contributed by atoms with E-state index in [4.69, 9.17) is 11.8 Å². The van der Waals surface area contributed by atoms with Crippen LogP contribution in [0.25, 0.3) is 0 Å². The Morgan fingerprint density at radius 1 is 0.731 bits per heavy atom. The van der Waals surface area contributed by atoms with Gasteiger partial charge in [-0.2, -0.15) is 0 Å². The van der Waals surface area contributed by atoms with Gasteiger partial charge in [0.1, 0.15) is 0 Å². The number of hydrogen-bond acceptors (Lipinski definition) is 4. The van der Waals surface area contributed by atoms with Crippen LogP contribution in [0.1, 0.15) is 10.4 Å². The van der Waals surface area contributed by atoms with Gasteiger partial charge >= 0.3 is 0 Å². The van der Waals surface area contributed by atoms with E-state index < -0.39 is 6.04 Å². The fraction of sp³-hybridized carbons (Fsp3) is 0.0952. The lowest BCUT2D eigenvalue weighted by atomic mass is 10.2. The maximum atomic E-state index is 13.9. The average Bonchev–Trinajstić information content (AvgIpc) is 2.73. The summed E-state index contributed by atoms with van der Waals surface area (Å²) >= 11 is 9.39. The zero-order chi connectivity index (χ0) is 18.6. The molecular weight excluding hydrogens is 395 g/mol. The van der Waals surface area contributed by atoms with Crippen molar-refractivity contribution in [3.05, 3.63) is 84.4 Å². The molecule has 0 spiro atoms. The molecule has 0 amide bonds. The van der Waals surface area contributed by atoms with Crippen LogP contribution in [0.3, 0.4) is 0 Å². The molecule has 0 radical (unpaired) electrons. The molecule has 0 heterocycles. The van der Waals surface area contributed by atoms with E-state index in [2.05, 4.69) is 0 Å². The van der Waals surface area contributed by atoms with Crippen molar-refractivity contribution in [2.24, 2.45) is 0 Å². The fourth-order valence-electron chi connectivity index (χ4n) is 2.88. The molecule has 0 saturated carbocycles. The van der Waals surface area contributed by atoms with E-state index in [0.29, 0.717) is 0 Å². The van der Waals surface area contributed by atoms with Crippen LogP contribution < -0.4 is 10.6 Å². The van der Waals surface area contributed by atoms with E-state index in [1.54, 1.807) is 23.5 Å². The van der Waals surface area contributed by atoms with Crippen molar-refractivity contribution < 1.29 is 4.79 Å². The Bertz CT molecular complexity index is 890. The topological polar surface area (TPSA) is 17.1 Å². The van der Waals surface area contributed by atoms with Gasteiger partial charge < -0.3 is 0 Å². The van der Waals surface area contributed by atoms with Crippen LogP contribution in [0.4, 0.5) is 0 Å². The SMILES string of the molecule is CSc1cccc(SC)c1C(=O)P(=S)(c1ccccc1)c1ccccc1. The molecule has 5 heteroatoms. The monoisotopic (exact) mass is 414 g/mol. The lowest BCUT2D eigenvalue weighted by molar-refractivity contribution is 0.107. The largest absolute Gasteiger partial charge is 0.287 e. The number of carbonyl (C=O) groups excluding carboxylic acids is 1. The lowest BCUT2D eigenvalue weighted by Gasteiger charge is -2.24. The summed E-state index contributed by atoms with van der Waals surface area (Å²) < 4.78 is 0. The average molecular weight is 415 g/mol. The second kappa shape index (κ2) is 8.58. The summed E-state index contributed by atoms with van der Waals surface area (Å²) in [6.07, 6.45) is 4.01. The van der Waals surface area contributed by atoms with Gasteiger partial charge in [-0.3, -0.25) is 4.79 Å². The molecule has 0 aliphatic rings. The molecule has 26 heavy (non-hydrogen) atoms. The highest BCUT2D eigenvalue weighted by Crippen LogP contribution is 2.50. The van der Waals surface area contributed by atoms with Crippen molar-refractivity contribution in [3.8, 4) is 0 Å². The van der Waals surface area contributed by atoms with Crippen molar-refractivity contribution >= 4 is 57.5 Å². The van der Waals surface area contributed by atoms with Crippen LogP contribution in [0.2, 0.25) is 0 Å². The first-order valence-corrected chi connectivity index (χ1v) is 13.3.